The predicted octanol–water partition coefficient (Wildman–Crippen LogP) is 12.0. The molecule has 2 aliphatic rings. The molecule has 0 radical (unpaired) electrons. The number of rotatable bonds is 3. The molecular formula is C48H29NO2S. The van der Waals surface area contributed by atoms with Crippen molar-refractivity contribution in [1.29, 1.82) is 0 Å². The van der Waals surface area contributed by atoms with Gasteiger partial charge in [-0.3, -0.25) is 9.36 Å². The summed E-state index contributed by atoms with van der Waals surface area (Å²) in [5.41, 5.74) is 11.0. The summed E-state index contributed by atoms with van der Waals surface area (Å²) in [5, 5.41) is 5.03. The van der Waals surface area contributed by atoms with Crippen LogP contribution in [-0.4, -0.2) is 4.57 Å². The minimum Gasteiger partial charge on any atom is -0.457 e. The fourth-order valence-corrected chi connectivity index (χ4v) is 9.89. The van der Waals surface area contributed by atoms with E-state index in [4.69, 9.17) is 4.74 Å². The molecule has 0 bridgehead atoms. The van der Waals surface area contributed by atoms with Crippen molar-refractivity contribution in [2.24, 2.45) is 0 Å². The maximum absolute atomic E-state index is 14.9. The largest absolute Gasteiger partial charge is 0.457 e. The Labute approximate surface area is 304 Å². The minimum absolute atomic E-state index is 0.00681. The zero-order valence-corrected chi connectivity index (χ0v) is 28.7. The van der Waals surface area contributed by atoms with Gasteiger partial charge in [0, 0.05) is 32.2 Å². The lowest BCUT2D eigenvalue weighted by Gasteiger charge is -2.44. The Balaban J connectivity index is 1.30. The fourth-order valence-electron chi connectivity index (χ4n) is 8.60. The standard InChI is InChI=1S/C48H29NO2S/c50-47-36-23-20-33(30-12-4-1-5-13-30)26-37(36)38-29-52-46-45(38)49(47)42-19-11-10-18-39(42)48(46)40-27-34(31-14-6-2-7-15-31)21-24-43(40)51-44-25-22-35(28-41(44)48)32-16-8-3-9-17-32/h1-29H. The lowest BCUT2D eigenvalue weighted by atomic mass is 9.64. The van der Waals surface area contributed by atoms with Gasteiger partial charge in [0.25, 0.3) is 5.56 Å². The lowest BCUT2D eigenvalue weighted by Crippen LogP contribution is -2.39. The van der Waals surface area contributed by atoms with Crippen LogP contribution in [0.1, 0.15) is 21.6 Å². The van der Waals surface area contributed by atoms with Crippen molar-refractivity contribution >= 4 is 33.0 Å². The van der Waals surface area contributed by atoms with Crippen LogP contribution in [0, 0.1) is 0 Å². The van der Waals surface area contributed by atoms with Crippen molar-refractivity contribution < 1.29 is 4.74 Å². The van der Waals surface area contributed by atoms with Crippen LogP contribution < -0.4 is 10.3 Å². The Morgan fingerprint density at radius 2 is 0.981 bits per heavy atom. The summed E-state index contributed by atoms with van der Waals surface area (Å²) < 4.78 is 8.83. The first kappa shape index (κ1) is 29.3. The molecule has 52 heavy (non-hydrogen) atoms. The highest BCUT2D eigenvalue weighted by Gasteiger charge is 2.51. The maximum atomic E-state index is 14.9. The van der Waals surface area contributed by atoms with Gasteiger partial charge < -0.3 is 4.74 Å². The van der Waals surface area contributed by atoms with E-state index in [1.54, 1.807) is 11.3 Å². The summed E-state index contributed by atoms with van der Waals surface area (Å²) in [4.78, 5) is 16.0. The third-order valence-electron chi connectivity index (χ3n) is 10.9. The van der Waals surface area contributed by atoms with Gasteiger partial charge >= 0.3 is 0 Å². The number of hydrogen-bond donors (Lipinski definition) is 0. The molecular weight excluding hydrogens is 655 g/mol. The molecule has 0 fully saturated rings. The number of nitrogens with zero attached hydrogens (tertiary/aromatic N) is 1. The van der Waals surface area contributed by atoms with Crippen LogP contribution in [0.5, 0.6) is 11.5 Å². The molecule has 7 aromatic carbocycles. The molecule has 3 nitrogen and oxygen atoms in total. The topological polar surface area (TPSA) is 31.2 Å². The molecule has 0 saturated heterocycles. The van der Waals surface area contributed by atoms with Gasteiger partial charge in [0.05, 0.1) is 16.6 Å². The monoisotopic (exact) mass is 683 g/mol. The highest BCUT2D eigenvalue weighted by atomic mass is 32.1. The molecule has 2 aromatic heterocycles. The van der Waals surface area contributed by atoms with E-state index in [0.717, 1.165) is 88.4 Å². The Morgan fingerprint density at radius 1 is 0.462 bits per heavy atom. The second-order valence-electron chi connectivity index (χ2n) is 13.6. The van der Waals surface area contributed by atoms with Gasteiger partial charge in [0.15, 0.2) is 0 Å². The molecule has 0 N–H and O–H groups in total. The van der Waals surface area contributed by atoms with Gasteiger partial charge in [-0.25, -0.2) is 0 Å². The number of ether oxygens (including phenoxy) is 1. The van der Waals surface area contributed by atoms with Crippen LogP contribution >= 0.6 is 11.3 Å². The molecule has 11 rings (SSSR count). The predicted molar refractivity (Wildman–Crippen MR) is 213 cm³/mol. The van der Waals surface area contributed by atoms with E-state index in [1.807, 2.05) is 22.8 Å². The smallest absolute Gasteiger partial charge is 0.263 e. The first-order valence-corrected chi connectivity index (χ1v) is 18.4. The van der Waals surface area contributed by atoms with Crippen LogP contribution in [0.4, 0.5) is 0 Å². The summed E-state index contributed by atoms with van der Waals surface area (Å²) >= 11 is 1.74. The number of thiophene rings is 1. The van der Waals surface area contributed by atoms with E-state index in [2.05, 4.69) is 157 Å². The van der Waals surface area contributed by atoms with Gasteiger partial charge in [-0.1, -0.05) is 127 Å². The van der Waals surface area contributed by atoms with E-state index < -0.39 is 5.41 Å². The van der Waals surface area contributed by atoms with E-state index in [0.29, 0.717) is 5.39 Å². The molecule has 0 amide bonds. The molecule has 244 valence electrons. The Morgan fingerprint density at radius 3 is 1.58 bits per heavy atom. The van der Waals surface area contributed by atoms with Crippen molar-refractivity contribution in [3.63, 3.8) is 0 Å². The van der Waals surface area contributed by atoms with Crippen molar-refractivity contribution in [2.45, 2.75) is 5.41 Å². The van der Waals surface area contributed by atoms with Crippen LogP contribution in [-0.2, 0) is 5.41 Å². The molecule has 1 spiro atoms. The van der Waals surface area contributed by atoms with Gasteiger partial charge in [0.2, 0.25) is 0 Å². The van der Waals surface area contributed by atoms with Gasteiger partial charge in [0.1, 0.15) is 11.5 Å². The van der Waals surface area contributed by atoms with Crippen molar-refractivity contribution in [3.8, 4) is 50.6 Å². The van der Waals surface area contributed by atoms with Crippen molar-refractivity contribution in [1.82, 2.24) is 4.57 Å². The maximum Gasteiger partial charge on any atom is 0.263 e. The third-order valence-corrected chi connectivity index (χ3v) is 12.0. The number of fused-ring (bicyclic) bond motifs is 10. The zero-order valence-electron chi connectivity index (χ0n) is 27.9. The number of benzene rings is 7. The van der Waals surface area contributed by atoms with E-state index >= 15 is 0 Å². The van der Waals surface area contributed by atoms with Gasteiger partial charge in [-0.2, -0.15) is 0 Å². The molecule has 4 heterocycles. The number of aromatic nitrogens is 1. The number of hydrogen-bond acceptors (Lipinski definition) is 3. The highest BCUT2D eigenvalue weighted by molar-refractivity contribution is 7.12. The summed E-state index contributed by atoms with van der Waals surface area (Å²) in [6, 6.07) is 59.4. The first-order valence-electron chi connectivity index (χ1n) is 17.5. The minimum atomic E-state index is -0.765. The molecule has 2 aliphatic heterocycles. The van der Waals surface area contributed by atoms with Crippen molar-refractivity contribution in [3.05, 3.63) is 207 Å². The Hall–Kier alpha value is -6.49. The van der Waals surface area contributed by atoms with Crippen LogP contribution in [0.3, 0.4) is 0 Å². The molecule has 9 aromatic rings. The summed E-state index contributed by atoms with van der Waals surface area (Å²) in [5.74, 6) is 1.64. The Kier molecular flexibility index (Phi) is 6.19. The molecule has 4 heteroatoms. The molecule has 0 atom stereocenters. The summed E-state index contributed by atoms with van der Waals surface area (Å²) in [6.45, 7) is 0. The van der Waals surface area contributed by atoms with Crippen LogP contribution in [0.25, 0.3) is 60.7 Å². The van der Waals surface area contributed by atoms with Crippen molar-refractivity contribution in [2.75, 3.05) is 0 Å². The number of para-hydroxylation sites is 1. The average Bonchev–Trinajstić information content (AvgIpc) is 3.67. The third kappa shape index (κ3) is 3.98. The SMILES string of the molecule is O=c1c2ccc(-c3ccccc3)cc2c2csc3c2n1-c1ccccc1C31c2cc(-c3ccccc3)ccc2Oc2ccc(-c3ccccc3)cc21. The average molecular weight is 684 g/mol. The quantitative estimate of drug-likeness (QED) is 0.186. The molecule has 0 unspecified atom stereocenters. The second kappa shape index (κ2) is 11.0. The van der Waals surface area contributed by atoms with E-state index in [9.17, 15) is 4.79 Å². The second-order valence-corrected chi connectivity index (χ2v) is 14.5. The zero-order chi connectivity index (χ0) is 34.4. The molecule has 0 aliphatic carbocycles. The van der Waals surface area contributed by atoms with Crippen LogP contribution in [0.15, 0.2) is 180 Å². The van der Waals surface area contributed by atoms with Crippen LogP contribution in [0.2, 0.25) is 0 Å². The fraction of sp³-hybridized carbons (Fsp3) is 0.0208. The number of pyridine rings is 1. The van der Waals surface area contributed by atoms with Gasteiger partial charge in [-0.05, 0) is 86.8 Å². The normalized spacial score (nSPS) is 13.4. The molecule has 0 saturated carbocycles. The van der Waals surface area contributed by atoms with E-state index in [-0.39, 0.29) is 5.56 Å². The lowest BCUT2D eigenvalue weighted by molar-refractivity contribution is 0.435. The summed E-state index contributed by atoms with van der Waals surface area (Å²) in [7, 11) is 0. The van der Waals surface area contributed by atoms with E-state index in [1.165, 1.54) is 0 Å². The highest BCUT2D eigenvalue weighted by Crippen LogP contribution is 2.61. The van der Waals surface area contributed by atoms with Gasteiger partial charge in [-0.15, -0.1) is 11.3 Å². The summed E-state index contributed by atoms with van der Waals surface area (Å²) in [6.07, 6.45) is 0. The first-order chi connectivity index (χ1) is 25.7. The Bertz CT molecular complexity index is 2850.